The lowest BCUT2D eigenvalue weighted by Gasteiger charge is -2.30. The summed E-state index contributed by atoms with van der Waals surface area (Å²) in [5, 5.41) is 0. The van der Waals surface area contributed by atoms with E-state index in [1.165, 1.54) is 23.8 Å². The molecule has 0 saturated carbocycles. The first-order valence-electron chi connectivity index (χ1n) is 11.9. The van der Waals surface area contributed by atoms with E-state index in [9.17, 15) is 9.59 Å². The third-order valence-corrected chi connectivity index (χ3v) is 9.56. The first-order valence-corrected chi connectivity index (χ1v) is 15.6. The highest BCUT2D eigenvalue weighted by molar-refractivity contribution is 14.1. The fourth-order valence-electron chi connectivity index (χ4n) is 5.05. The van der Waals surface area contributed by atoms with E-state index in [0.29, 0.717) is 20.6 Å². The van der Waals surface area contributed by atoms with E-state index in [-0.39, 0.29) is 11.6 Å². The molecule has 3 aromatic carbocycles. The Morgan fingerprint density at radius 2 is 1.89 bits per heavy atom. The highest BCUT2D eigenvalue weighted by Gasteiger charge is 2.32. The van der Waals surface area contributed by atoms with E-state index in [2.05, 4.69) is 91.4 Å². The Bertz CT molecular complexity index is 1840. The molecule has 0 unspecified atom stereocenters. The van der Waals surface area contributed by atoms with Gasteiger partial charge in [0, 0.05) is 26.1 Å². The minimum absolute atomic E-state index is 0.102. The molecule has 0 fully saturated rings. The van der Waals surface area contributed by atoms with Gasteiger partial charge >= 0.3 is 5.97 Å². The van der Waals surface area contributed by atoms with Crippen molar-refractivity contribution in [2.24, 2.45) is 4.99 Å². The van der Waals surface area contributed by atoms with Crippen molar-refractivity contribution in [3.8, 4) is 5.75 Å². The van der Waals surface area contributed by atoms with Crippen LogP contribution in [0, 0.1) is 7.14 Å². The van der Waals surface area contributed by atoms with Crippen LogP contribution in [0.15, 0.2) is 80.5 Å². The van der Waals surface area contributed by atoms with Crippen LogP contribution >= 0.6 is 72.4 Å². The number of aromatic nitrogens is 1. The second-order valence-corrected chi connectivity index (χ2v) is 13.4. The van der Waals surface area contributed by atoms with Gasteiger partial charge in [-0.15, -0.1) is 0 Å². The number of allylic oxidation sites excluding steroid dienone is 1. The zero-order valence-electron chi connectivity index (χ0n) is 20.0. The van der Waals surface area contributed by atoms with Crippen LogP contribution in [-0.2, 0) is 11.2 Å². The van der Waals surface area contributed by atoms with E-state index in [4.69, 9.17) is 9.73 Å². The Balaban J connectivity index is 1.62. The van der Waals surface area contributed by atoms with Crippen LogP contribution in [0.25, 0.3) is 11.8 Å². The fourth-order valence-corrected chi connectivity index (χ4v) is 8.30. The van der Waals surface area contributed by atoms with Gasteiger partial charge < -0.3 is 4.74 Å². The van der Waals surface area contributed by atoms with Crippen molar-refractivity contribution in [1.82, 2.24) is 4.57 Å². The summed E-state index contributed by atoms with van der Waals surface area (Å²) in [7, 11) is 0. The minimum Gasteiger partial charge on any atom is -0.425 e. The van der Waals surface area contributed by atoms with Gasteiger partial charge in [0.1, 0.15) is 0 Å². The zero-order chi connectivity index (χ0) is 26.6. The number of benzene rings is 3. The highest BCUT2D eigenvalue weighted by Crippen LogP contribution is 2.41. The molecule has 5 nitrogen and oxygen atoms in total. The molecule has 0 saturated heterocycles. The molecule has 6 rings (SSSR count). The predicted molar refractivity (Wildman–Crippen MR) is 170 cm³/mol. The highest BCUT2D eigenvalue weighted by atomic mass is 127. The summed E-state index contributed by atoms with van der Waals surface area (Å²) in [6, 6.07) is 20.2. The van der Waals surface area contributed by atoms with Crippen LogP contribution in [0.2, 0.25) is 0 Å². The van der Waals surface area contributed by atoms with Gasteiger partial charge in [-0.3, -0.25) is 14.2 Å². The Labute approximate surface area is 258 Å². The molecule has 0 bridgehead atoms. The quantitative estimate of drug-likeness (QED) is 0.141. The molecule has 38 heavy (non-hydrogen) atoms. The van der Waals surface area contributed by atoms with Gasteiger partial charge in [-0.2, -0.15) is 0 Å². The smallest absolute Gasteiger partial charge is 0.308 e. The summed E-state index contributed by atoms with van der Waals surface area (Å²) in [6.45, 7) is 1.38. The molecule has 4 aromatic rings. The normalized spacial score (nSPS) is 16.4. The third-order valence-electron chi connectivity index (χ3n) is 6.63. The van der Waals surface area contributed by atoms with Crippen molar-refractivity contribution in [3.05, 3.63) is 120 Å². The van der Waals surface area contributed by atoms with Crippen LogP contribution < -0.4 is 19.6 Å². The second-order valence-electron chi connectivity index (χ2n) is 9.06. The van der Waals surface area contributed by atoms with Crippen LogP contribution in [0.1, 0.15) is 41.6 Å². The summed E-state index contributed by atoms with van der Waals surface area (Å²) in [6.07, 6.45) is 3.57. The Morgan fingerprint density at radius 3 is 2.66 bits per heavy atom. The third kappa shape index (κ3) is 4.75. The molecular weight excluding hydrogens is 790 g/mol. The number of nitrogens with zero attached hydrogens (tertiary/aromatic N) is 2. The van der Waals surface area contributed by atoms with Crippen molar-refractivity contribution >= 4 is 90.2 Å². The van der Waals surface area contributed by atoms with Crippen LogP contribution in [0.5, 0.6) is 5.75 Å². The Morgan fingerprint density at radius 1 is 1.13 bits per heavy atom. The lowest BCUT2D eigenvalue weighted by atomic mass is 9.83. The molecular formula is C29H19BrI2N2O3S. The molecule has 1 aromatic heterocycles. The SMILES string of the molecule is CC(=O)Oc1c(I)cc(I)cc1/C=c1/sc2n(c1=O)[C@@H](c1ccc(Br)cc1)C1=C(N=2)c2ccccc2CC1. The molecule has 9 heteroatoms. The second kappa shape index (κ2) is 10.5. The topological polar surface area (TPSA) is 60.7 Å². The fraction of sp³-hybridized carbons (Fsp3) is 0.138. The Hall–Kier alpha value is -2.09. The number of aryl methyl sites for hydroxylation is 1. The summed E-state index contributed by atoms with van der Waals surface area (Å²) >= 11 is 9.30. The van der Waals surface area contributed by atoms with Crippen molar-refractivity contribution in [3.63, 3.8) is 0 Å². The van der Waals surface area contributed by atoms with Gasteiger partial charge in [0.05, 0.1) is 19.8 Å². The maximum atomic E-state index is 14.0. The lowest BCUT2D eigenvalue weighted by Crippen LogP contribution is -2.38. The number of halogens is 3. The number of rotatable bonds is 3. The predicted octanol–water partition coefficient (Wildman–Crippen LogP) is 6.22. The average molecular weight is 809 g/mol. The van der Waals surface area contributed by atoms with Gasteiger partial charge in [-0.1, -0.05) is 63.7 Å². The molecule has 2 heterocycles. The summed E-state index contributed by atoms with van der Waals surface area (Å²) in [5.74, 6) is 0.0591. The maximum absolute atomic E-state index is 14.0. The number of ether oxygens (including phenoxy) is 1. The maximum Gasteiger partial charge on any atom is 0.308 e. The number of carbonyl (C=O) groups is 1. The monoisotopic (exact) mass is 808 g/mol. The number of carbonyl (C=O) groups excluding carboxylic acids is 1. The molecule has 0 radical (unpaired) electrons. The van der Waals surface area contributed by atoms with Crippen molar-refractivity contribution in [2.75, 3.05) is 0 Å². The van der Waals surface area contributed by atoms with Crippen molar-refractivity contribution in [1.29, 1.82) is 0 Å². The van der Waals surface area contributed by atoms with Crippen LogP contribution in [0.3, 0.4) is 0 Å². The van der Waals surface area contributed by atoms with Crippen LogP contribution in [0.4, 0.5) is 0 Å². The largest absolute Gasteiger partial charge is 0.425 e. The van der Waals surface area contributed by atoms with E-state index in [1.807, 2.05) is 41.0 Å². The number of hydrogen-bond donors (Lipinski definition) is 0. The van der Waals surface area contributed by atoms with Gasteiger partial charge in [-0.25, -0.2) is 4.99 Å². The molecule has 1 atom stereocenters. The lowest BCUT2D eigenvalue weighted by molar-refractivity contribution is -0.131. The summed E-state index contributed by atoms with van der Waals surface area (Å²) in [5.41, 5.74) is 6.19. The van der Waals surface area contributed by atoms with E-state index < -0.39 is 5.97 Å². The number of thiazole rings is 1. The molecule has 0 spiro atoms. The molecule has 0 amide bonds. The first kappa shape index (κ1) is 26.1. The van der Waals surface area contributed by atoms with Gasteiger partial charge in [0.25, 0.3) is 5.56 Å². The molecule has 1 aliphatic carbocycles. The molecule has 1 aliphatic heterocycles. The van der Waals surface area contributed by atoms with Crippen molar-refractivity contribution < 1.29 is 9.53 Å². The molecule has 0 N–H and O–H groups in total. The average Bonchev–Trinajstić information content (AvgIpc) is 3.19. The van der Waals surface area contributed by atoms with Crippen LogP contribution in [-0.4, -0.2) is 10.5 Å². The molecule has 190 valence electrons. The first-order chi connectivity index (χ1) is 18.3. The zero-order valence-corrected chi connectivity index (χ0v) is 26.7. The van der Waals surface area contributed by atoms with E-state index in [0.717, 1.165) is 46.9 Å². The summed E-state index contributed by atoms with van der Waals surface area (Å²) in [4.78, 5) is 31.6. The number of esters is 1. The Kier molecular flexibility index (Phi) is 7.21. The van der Waals surface area contributed by atoms with E-state index in [1.54, 1.807) is 0 Å². The van der Waals surface area contributed by atoms with Gasteiger partial charge in [-0.05, 0) is 105 Å². The van der Waals surface area contributed by atoms with E-state index >= 15 is 0 Å². The van der Waals surface area contributed by atoms with Gasteiger partial charge in [0.15, 0.2) is 10.6 Å². The number of hydrogen-bond acceptors (Lipinski definition) is 5. The van der Waals surface area contributed by atoms with Gasteiger partial charge in [0.2, 0.25) is 0 Å². The summed E-state index contributed by atoms with van der Waals surface area (Å²) < 4.78 is 10.7. The minimum atomic E-state index is -0.401. The standard InChI is InChI=1S/C29H19BrI2N2O3S/c1-15(35)37-27-18(12-20(31)14-23(27)32)13-24-28(36)34-26(17-6-9-19(30)10-7-17)22-11-8-16-4-2-3-5-21(16)25(22)33-29(34)38-24/h2-7,9-10,12-14,26H,8,11H2,1H3/b24-13+/t26-/m0/s1. The van der Waals surface area contributed by atoms with Crippen molar-refractivity contribution in [2.45, 2.75) is 25.8 Å². The molecule has 2 aliphatic rings. The number of fused-ring (bicyclic) bond motifs is 3.